The minimum atomic E-state index is 0.237. The molecule has 0 heterocycles. The molecule has 0 aromatic heterocycles. The van der Waals surface area contributed by atoms with Crippen LogP contribution in [0.2, 0.25) is 0 Å². The van der Waals surface area contributed by atoms with Gasteiger partial charge in [0.25, 0.3) is 0 Å². The average molecular weight is 380 g/mol. The molecule has 0 unspecified atom stereocenters. The zero-order chi connectivity index (χ0) is 20.9. The first-order valence-corrected chi connectivity index (χ1v) is 9.54. The lowest BCUT2D eigenvalue weighted by Crippen LogP contribution is -2.28. The van der Waals surface area contributed by atoms with Crippen molar-refractivity contribution < 1.29 is 9.47 Å². The van der Waals surface area contributed by atoms with E-state index in [1.165, 1.54) is 11.1 Å². The number of methoxy groups -OCH3 is 1. The van der Waals surface area contributed by atoms with Gasteiger partial charge in [0.15, 0.2) is 0 Å². The Morgan fingerprint density at radius 2 is 2.14 bits per heavy atom. The zero-order valence-corrected chi connectivity index (χ0v) is 17.8. The number of terminal acetylenes is 1. The Morgan fingerprint density at radius 3 is 2.75 bits per heavy atom. The molecule has 3 heteroatoms. The number of ether oxygens (including phenoxy) is 2. The highest BCUT2D eigenvalue weighted by Crippen LogP contribution is 2.25. The molecule has 1 aliphatic carbocycles. The highest BCUT2D eigenvalue weighted by Gasteiger charge is 2.12. The third kappa shape index (κ3) is 7.50. The van der Waals surface area contributed by atoms with Gasteiger partial charge >= 0.3 is 0 Å². The van der Waals surface area contributed by atoms with Crippen molar-refractivity contribution in [3.05, 3.63) is 82.9 Å². The van der Waals surface area contributed by atoms with Crippen molar-refractivity contribution in [2.75, 3.05) is 20.3 Å². The van der Waals surface area contributed by atoms with Crippen LogP contribution in [0.1, 0.15) is 34.1 Å². The normalized spacial score (nSPS) is 16.9. The molecule has 0 spiro atoms. The van der Waals surface area contributed by atoms with Crippen LogP contribution in [0.4, 0.5) is 0 Å². The molecule has 0 fully saturated rings. The molecule has 0 saturated heterocycles. The van der Waals surface area contributed by atoms with Crippen LogP contribution in [0.25, 0.3) is 0 Å². The van der Waals surface area contributed by atoms with E-state index in [9.17, 15) is 0 Å². The van der Waals surface area contributed by atoms with E-state index >= 15 is 0 Å². The van der Waals surface area contributed by atoms with E-state index in [4.69, 9.17) is 15.9 Å². The highest BCUT2D eigenvalue weighted by atomic mass is 16.5. The number of rotatable bonds is 10. The maximum absolute atomic E-state index is 5.80. The summed E-state index contributed by atoms with van der Waals surface area (Å²) in [7, 11) is 1.63. The molecule has 0 aliphatic heterocycles. The van der Waals surface area contributed by atoms with Crippen LogP contribution < -0.4 is 5.32 Å². The van der Waals surface area contributed by atoms with E-state index in [2.05, 4.69) is 63.7 Å². The lowest BCUT2D eigenvalue weighted by molar-refractivity contribution is 0.265. The van der Waals surface area contributed by atoms with Crippen molar-refractivity contribution in [1.29, 1.82) is 0 Å². The first-order valence-electron chi connectivity index (χ1n) is 9.54. The molecule has 1 atom stereocenters. The smallest absolute Gasteiger partial charge is 0.148 e. The number of nitrogens with one attached hydrogen (secondary N) is 1. The van der Waals surface area contributed by atoms with E-state index in [1.54, 1.807) is 13.2 Å². The SMILES string of the molecule is C#CCOC1=C(/C(C)=C/C=C(\C=C)OC)C=C(CN[C@H](C)/C(C)=C/C)CC=C1. The van der Waals surface area contributed by atoms with Crippen molar-refractivity contribution in [1.82, 2.24) is 5.32 Å². The fourth-order valence-corrected chi connectivity index (χ4v) is 2.63. The van der Waals surface area contributed by atoms with Crippen molar-refractivity contribution in [2.45, 2.75) is 40.2 Å². The Kier molecular flexibility index (Phi) is 10.5. The number of allylic oxidation sites excluding steroid dienone is 9. The molecule has 28 heavy (non-hydrogen) atoms. The van der Waals surface area contributed by atoms with Crippen molar-refractivity contribution in [3.8, 4) is 12.3 Å². The van der Waals surface area contributed by atoms with Gasteiger partial charge in [-0.05, 0) is 57.9 Å². The summed E-state index contributed by atoms with van der Waals surface area (Å²) in [5, 5.41) is 3.59. The van der Waals surface area contributed by atoms with Crippen LogP contribution in [0, 0.1) is 12.3 Å². The summed E-state index contributed by atoms with van der Waals surface area (Å²) in [4.78, 5) is 0. The van der Waals surface area contributed by atoms with Gasteiger partial charge in [-0.1, -0.05) is 47.9 Å². The van der Waals surface area contributed by atoms with E-state index in [0.29, 0.717) is 11.8 Å². The number of hydrogen-bond donors (Lipinski definition) is 1. The topological polar surface area (TPSA) is 30.5 Å². The number of hydrogen-bond acceptors (Lipinski definition) is 3. The summed E-state index contributed by atoms with van der Waals surface area (Å²) < 4.78 is 11.1. The van der Waals surface area contributed by atoms with E-state index in [1.807, 2.05) is 18.2 Å². The third-order valence-electron chi connectivity index (χ3n) is 4.71. The molecule has 0 aromatic carbocycles. The molecule has 1 N–H and O–H groups in total. The Labute approximate surface area is 170 Å². The third-order valence-corrected chi connectivity index (χ3v) is 4.71. The van der Waals surface area contributed by atoms with Gasteiger partial charge in [-0.2, -0.15) is 0 Å². The summed E-state index contributed by atoms with van der Waals surface area (Å²) in [6, 6.07) is 0.333. The second kappa shape index (κ2) is 12.6. The van der Waals surface area contributed by atoms with E-state index in [0.717, 1.165) is 29.9 Å². The summed E-state index contributed by atoms with van der Waals surface area (Å²) in [5.74, 6) is 4.03. The molecule has 1 rings (SSSR count). The Balaban J connectivity index is 3.19. The molecule has 1 aliphatic rings. The van der Waals surface area contributed by atoms with E-state index < -0.39 is 0 Å². The largest absolute Gasteiger partial charge is 0.497 e. The summed E-state index contributed by atoms with van der Waals surface area (Å²) in [5.41, 5.74) is 4.70. The van der Waals surface area contributed by atoms with Gasteiger partial charge in [0.05, 0.1) is 7.11 Å². The van der Waals surface area contributed by atoms with Gasteiger partial charge in [0.2, 0.25) is 0 Å². The first kappa shape index (κ1) is 23.3. The van der Waals surface area contributed by atoms with E-state index in [-0.39, 0.29) is 6.61 Å². The molecule has 0 bridgehead atoms. The fraction of sp³-hybridized carbons (Fsp3) is 0.360. The van der Waals surface area contributed by atoms with Gasteiger partial charge in [-0.25, -0.2) is 0 Å². The molecule has 3 nitrogen and oxygen atoms in total. The monoisotopic (exact) mass is 379 g/mol. The molecule has 0 radical (unpaired) electrons. The minimum absolute atomic E-state index is 0.237. The maximum Gasteiger partial charge on any atom is 0.148 e. The minimum Gasteiger partial charge on any atom is -0.497 e. The van der Waals surface area contributed by atoms with Gasteiger partial charge in [-0.15, -0.1) is 6.42 Å². The molecular weight excluding hydrogens is 346 g/mol. The van der Waals surface area contributed by atoms with Crippen LogP contribution >= 0.6 is 0 Å². The van der Waals surface area contributed by atoms with Gasteiger partial charge < -0.3 is 14.8 Å². The lowest BCUT2D eigenvalue weighted by Gasteiger charge is -2.16. The maximum atomic E-state index is 5.80. The van der Waals surface area contributed by atoms with Crippen molar-refractivity contribution in [2.24, 2.45) is 0 Å². The summed E-state index contributed by atoms with van der Waals surface area (Å²) in [6.45, 7) is 13.2. The molecule has 0 aromatic rings. The van der Waals surface area contributed by atoms with Crippen LogP contribution in [0.3, 0.4) is 0 Å². The highest BCUT2D eigenvalue weighted by molar-refractivity contribution is 5.49. The Hall–Kier alpha value is -2.70. The van der Waals surface area contributed by atoms with Crippen LogP contribution in [-0.4, -0.2) is 26.3 Å². The van der Waals surface area contributed by atoms with Crippen LogP contribution in [0.15, 0.2) is 82.9 Å². The summed E-state index contributed by atoms with van der Waals surface area (Å²) >= 11 is 0. The second-order valence-corrected chi connectivity index (χ2v) is 6.64. The zero-order valence-electron chi connectivity index (χ0n) is 17.8. The quantitative estimate of drug-likeness (QED) is 0.239. The average Bonchev–Trinajstić information content (AvgIpc) is 2.92. The predicted octanol–water partition coefficient (Wildman–Crippen LogP) is 5.38. The Bertz CT molecular complexity index is 767. The molecule has 0 amide bonds. The fourth-order valence-electron chi connectivity index (χ4n) is 2.63. The predicted molar refractivity (Wildman–Crippen MR) is 120 cm³/mol. The second-order valence-electron chi connectivity index (χ2n) is 6.64. The first-order chi connectivity index (χ1) is 13.5. The lowest BCUT2D eigenvalue weighted by atomic mass is 10.0. The van der Waals surface area contributed by atoms with Crippen LogP contribution in [-0.2, 0) is 9.47 Å². The van der Waals surface area contributed by atoms with Gasteiger partial charge in [0.1, 0.15) is 18.1 Å². The molecule has 150 valence electrons. The van der Waals surface area contributed by atoms with Gasteiger partial charge in [-0.3, -0.25) is 0 Å². The van der Waals surface area contributed by atoms with Crippen LogP contribution in [0.5, 0.6) is 0 Å². The Morgan fingerprint density at radius 1 is 1.39 bits per heavy atom. The molecule has 0 saturated carbocycles. The summed E-state index contributed by atoms with van der Waals surface area (Å²) in [6.07, 6.45) is 20.3. The van der Waals surface area contributed by atoms with Crippen molar-refractivity contribution >= 4 is 0 Å². The van der Waals surface area contributed by atoms with Crippen molar-refractivity contribution in [3.63, 3.8) is 0 Å². The standard InChI is InChI=1S/C25H33NO2/c1-8-16-28-25-13-11-12-22(18-26-21(6)19(4)9-2)17-24(25)20(5)14-15-23(10-3)27-7/h1,9-11,13-15,17,21,26H,3,12,16,18H2,2,4-7H3/b19-9+,20-14+,23-15+/t21-/m1/s1. The van der Waals surface area contributed by atoms with Gasteiger partial charge in [0, 0.05) is 18.2 Å². The molecular formula is C25H33NO2.